The number of ether oxygens (including phenoxy) is 1. The van der Waals surface area contributed by atoms with E-state index in [1.807, 2.05) is 0 Å². The molecule has 5 nitrogen and oxygen atoms in total. The van der Waals surface area contributed by atoms with Crippen molar-refractivity contribution < 1.29 is 25.2 Å². The molecule has 0 fully saturated rings. The summed E-state index contributed by atoms with van der Waals surface area (Å²) in [7, 11) is 0. The molecule has 4 N–H and O–H groups in total. The lowest BCUT2D eigenvalue weighted by atomic mass is 10.3. The van der Waals surface area contributed by atoms with Gasteiger partial charge in [0.1, 0.15) is 0 Å². The molecule has 0 unspecified atom stereocenters. The maximum atomic E-state index is 9.09. The van der Waals surface area contributed by atoms with Gasteiger partial charge in [0.05, 0.1) is 37.3 Å². The lowest BCUT2D eigenvalue weighted by Gasteiger charge is -1.93. The van der Waals surface area contributed by atoms with Gasteiger partial charge in [-0.3, -0.25) is 0 Å². The van der Waals surface area contributed by atoms with E-state index in [0.717, 1.165) is 0 Å². The summed E-state index contributed by atoms with van der Waals surface area (Å²) in [5.74, 6) is 0.133. The Morgan fingerprint density at radius 3 is 1.59 bits per heavy atom. The number of rotatable bonds is 8. The third-order valence-electron chi connectivity index (χ3n) is 1.63. The number of hydrogen-bond acceptors (Lipinski definition) is 5. The molecular formula is C12H18O5. The minimum atomic E-state index is -0.105. The molecule has 0 saturated heterocycles. The average Bonchev–Trinajstić information content (AvgIpc) is 2.28. The predicted octanol–water partition coefficient (Wildman–Crippen LogP) is 1.68. The zero-order valence-corrected chi connectivity index (χ0v) is 9.49. The summed E-state index contributed by atoms with van der Waals surface area (Å²) in [5.41, 5.74) is 0. The molecule has 96 valence electrons. The van der Waals surface area contributed by atoms with Crippen molar-refractivity contribution in [3.63, 3.8) is 0 Å². The molecule has 0 aliphatic carbocycles. The standard InChI is InChI=1S/C12H18O5/c13-7-5-11(15)3-1-9-17-10-2-4-12(16)6-8-14/h1-4,9-10,13-16H,5-8H2. The largest absolute Gasteiger partial charge is 0.512 e. The Balaban J connectivity index is 3.83. The molecule has 0 bridgehead atoms. The van der Waals surface area contributed by atoms with Crippen LogP contribution in [-0.2, 0) is 4.74 Å². The highest BCUT2D eigenvalue weighted by atomic mass is 16.5. The van der Waals surface area contributed by atoms with Crippen LogP contribution in [-0.4, -0.2) is 33.6 Å². The SMILES string of the molecule is OCCC(O)=CC=COC=CC=C(O)CCO. The Kier molecular flexibility index (Phi) is 9.70. The van der Waals surface area contributed by atoms with E-state index in [4.69, 9.17) is 25.2 Å². The first-order chi connectivity index (χ1) is 8.20. The first kappa shape index (κ1) is 15.3. The van der Waals surface area contributed by atoms with Crippen LogP contribution in [0.3, 0.4) is 0 Å². The van der Waals surface area contributed by atoms with Crippen LogP contribution in [0.25, 0.3) is 0 Å². The Hall–Kier alpha value is -1.72. The van der Waals surface area contributed by atoms with Gasteiger partial charge in [0, 0.05) is 12.8 Å². The van der Waals surface area contributed by atoms with E-state index >= 15 is 0 Å². The van der Waals surface area contributed by atoms with E-state index < -0.39 is 0 Å². The second-order valence-corrected chi connectivity index (χ2v) is 3.06. The maximum Gasteiger partial charge on any atom is 0.0946 e. The zero-order chi connectivity index (χ0) is 12.9. The molecule has 0 aromatic heterocycles. The molecule has 0 aromatic carbocycles. The summed E-state index contributed by atoms with van der Waals surface area (Å²) in [5, 5.41) is 35.2. The Bertz CT molecular complexity index is 272. The smallest absolute Gasteiger partial charge is 0.0946 e. The third-order valence-corrected chi connectivity index (χ3v) is 1.63. The molecule has 0 radical (unpaired) electrons. The normalized spacial score (nSPS) is 13.8. The summed E-state index contributed by atoms with van der Waals surface area (Å²) >= 11 is 0. The number of aliphatic hydroxyl groups excluding tert-OH is 4. The fourth-order valence-corrected chi connectivity index (χ4v) is 0.833. The molecule has 0 aliphatic heterocycles. The number of aliphatic hydroxyl groups is 4. The lowest BCUT2D eigenvalue weighted by molar-refractivity contribution is 0.268. The summed E-state index contributed by atoms with van der Waals surface area (Å²) in [6, 6.07) is 0. The van der Waals surface area contributed by atoms with Gasteiger partial charge in [-0.05, 0) is 24.3 Å². The molecule has 0 spiro atoms. The maximum absolute atomic E-state index is 9.09. The van der Waals surface area contributed by atoms with Gasteiger partial charge >= 0.3 is 0 Å². The minimum absolute atomic E-state index is 0.0665. The van der Waals surface area contributed by atoms with Crippen molar-refractivity contribution in [3.05, 3.63) is 48.3 Å². The van der Waals surface area contributed by atoms with Gasteiger partial charge in [-0.25, -0.2) is 0 Å². The fraction of sp³-hybridized carbons (Fsp3) is 0.333. The first-order valence-corrected chi connectivity index (χ1v) is 5.17. The Morgan fingerprint density at radius 1 is 0.824 bits per heavy atom. The molecule has 5 heteroatoms. The highest BCUT2D eigenvalue weighted by Gasteiger charge is 1.87. The number of allylic oxidation sites excluding steroid dienone is 4. The lowest BCUT2D eigenvalue weighted by Crippen LogP contribution is -1.85. The second kappa shape index (κ2) is 10.8. The molecule has 0 amide bonds. The van der Waals surface area contributed by atoms with Crippen LogP contribution >= 0.6 is 0 Å². The monoisotopic (exact) mass is 242 g/mol. The highest BCUT2D eigenvalue weighted by Crippen LogP contribution is 1.96. The summed E-state index contributed by atoms with van der Waals surface area (Å²) in [4.78, 5) is 0. The molecule has 0 rings (SSSR count). The third kappa shape index (κ3) is 10.6. The Labute approximate surface area is 100 Å². The van der Waals surface area contributed by atoms with E-state index in [0.29, 0.717) is 0 Å². The second-order valence-electron chi connectivity index (χ2n) is 3.06. The van der Waals surface area contributed by atoms with Gasteiger partial charge in [0.25, 0.3) is 0 Å². The Morgan fingerprint density at radius 2 is 1.24 bits per heavy atom. The minimum Gasteiger partial charge on any atom is -0.512 e. The van der Waals surface area contributed by atoms with Crippen molar-refractivity contribution in [2.75, 3.05) is 13.2 Å². The number of hydrogen-bond donors (Lipinski definition) is 4. The van der Waals surface area contributed by atoms with Crippen molar-refractivity contribution in [3.8, 4) is 0 Å². The van der Waals surface area contributed by atoms with Crippen LogP contribution in [0.15, 0.2) is 48.3 Å². The predicted molar refractivity (Wildman–Crippen MR) is 64.2 cm³/mol. The zero-order valence-electron chi connectivity index (χ0n) is 9.49. The summed E-state index contributed by atoms with van der Waals surface area (Å²) < 4.78 is 4.89. The van der Waals surface area contributed by atoms with Crippen LogP contribution < -0.4 is 0 Å². The molecule has 0 aliphatic rings. The van der Waals surface area contributed by atoms with Crippen molar-refractivity contribution >= 4 is 0 Å². The van der Waals surface area contributed by atoms with Crippen LogP contribution in [0.4, 0.5) is 0 Å². The van der Waals surface area contributed by atoms with Crippen molar-refractivity contribution in [1.29, 1.82) is 0 Å². The van der Waals surface area contributed by atoms with E-state index in [9.17, 15) is 0 Å². The summed E-state index contributed by atoms with van der Waals surface area (Å²) in [6.45, 7) is -0.211. The van der Waals surface area contributed by atoms with Crippen molar-refractivity contribution in [2.45, 2.75) is 12.8 Å². The highest BCUT2D eigenvalue weighted by molar-refractivity contribution is 5.07. The molecular weight excluding hydrogens is 224 g/mol. The van der Waals surface area contributed by atoms with Gasteiger partial charge in [-0.1, -0.05) is 0 Å². The van der Waals surface area contributed by atoms with E-state index in [1.54, 1.807) is 0 Å². The van der Waals surface area contributed by atoms with Crippen LogP contribution in [0.2, 0.25) is 0 Å². The fourth-order valence-electron chi connectivity index (χ4n) is 0.833. The van der Waals surface area contributed by atoms with E-state index in [1.165, 1.54) is 36.8 Å². The van der Waals surface area contributed by atoms with Gasteiger partial charge in [-0.15, -0.1) is 0 Å². The van der Waals surface area contributed by atoms with Crippen molar-refractivity contribution in [2.24, 2.45) is 0 Å². The van der Waals surface area contributed by atoms with Crippen LogP contribution in [0.5, 0.6) is 0 Å². The van der Waals surface area contributed by atoms with Crippen LogP contribution in [0, 0.1) is 0 Å². The van der Waals surface area contributed by atoms with E-state index in [-0.39, 0.29) is 37.6 Å². The van der Waals surface area contributed by atoms with E-state index in [2.05, 4.69) is 0 Å². The van der Waals surface area contributed by atoms with Crippen molar-refractivity contribution in [1.82, 2.24) is 0 Å². The molecule has 0 aromatic rings. The molecule has 17 heavy (non-hydrogen) atoms. The molecule has 0 heterocycles. The average molecular weight is 242 g/mol. The topological polar surface area (TPSA) is 90.2 Å². The van der Waals surface area contributed by atoms with Gasteiger partial charge in [0.2, 0.25) is 0 Å². The first-order valence-electron chi connectivity index (χ1n) is 5.17. The van der Waals surface area contributed by atoms with Crippen LogP contribution in [0.1, 0.15) is 12.8 Å². The quantitative estimate of drug-likeness (QED) is 0.384. The van der Waals surface area contributed by atoms with Gasteiger partial charge in [0.15, 0.2) is 0 Å². The van der Waals surface area contributed by atoms with Gasteiger partial charge in [-0.2, -0.15) is 0 Å². The summed E-state index contributed by atoms with van der Waals surface area (Å²) in [6.07, 6.45) is 8.85. The molecule has 0 saturated carbocycles. The van der Waals surface area contributed by atoms with Gasteiger partial charge < -0.3 is 25.2 Å². The molecule has 0 atom stereocenters.